The van der Waals surface area contributed by atoms with Gasteiger partial charge in [0, 0.05) is 28.7 Å². The number of hydrogen-bond acceptors (Lipinski definition) is 2. The van der Waals surface area contributed by atoms with Crippen LogP contribution in [0.25, 0.3) is 0 Å². The van der Waals surface area contributed by atoms with Crippen LogP contribution < -0.4 is 5.32 Å². The number of amides is 2. The van der Waals surface area contributed by atoms with E-state index >= 15 is 0 Å². The van der Waals surface area contributed by atoms with Crippen LogP contribution in [0.1, 0.15) is 36.1 Å². The molecule has 2 rings (SSSR count). The molecule has 150 valence electrons. The minimum absolute atomic E-state index is 0.150. The molecule has 0 fully saturated rings. The third-order valence-electron chi connectivity index (χ3n) is 4.75. The standard InChI is InChI=1S/C22H26Cl2N2O2/c1-5-25-22(28)16(4)26(13-18-19(23)7-6-8-20(18)24)21(27)12-17-11-14(2)9-10-15(17)3/h6-11,16H,5,12-13H2,1-4H3,(H,25,28). The quantitative estimate of drug-likeness (QED) is 0.704. The zero-order valence-electron chi connectivity index (χ0n) is 16.7. The number of rotatable bonds is 7. The second-order valence-corrected chi connectivity index (χ2v) is 7.71. The van der Waals surface area contributed by atoms with E-state index in [-0.39, 0.29) is 24.8 Å². The van der Waals surface area contributed by atoms with Crippen molar-refractivity contribution in [1.82, 2.24) is 10.2 Å². The van der Waals surface area contributed by atoms with Crippen LogP contribution in [0.4, 0.5) is 0 Å². The SMILES string of the molecule is CCNC(=O)C(C)N(Cc1c(Cl)cccc1Cl)C(=O)Cc1cc(C)ccc1C. The minimum atomic E-state index is -0.648. The fourth-order valence-corrected chi connectivity index (χ4v) is 3.53. The average molecular weight is 421 g/mol. The van der Waals surface area contributed by atoms with Crippen molar-refractivity contribution in [2.75, 3.05) is 6.54 Å². The Kier molecular flexibility index (Phi) is 7.90. The molecule has 0 aliphatic carbocycles. The van der Waals surface area contributed by atoms with E-state index in [0.717, 1.165) is 16.7 Å². The Morgan fingerprint density at radius 2 is 1.75 bits per heavy atom. The average Bonchev–Trinajstić information content (AvgIpc) is 2.64. The van der Waals surface area contributed by atoms with Crippen LogP contribution in [0.2, 0.25) is 10.0 Å². The van der Waals surface area contributed by atoms with Gasteiger partial charge in [0.2, 0.25) is 11.8 Å². The second kappa shape index (κ2) is 9.94. The lowest BCUT2D eigenvalue weighted by molar-refractivity contribution is -0.140. The van der Waals surface area contributed by atoms with E-state index in [4.69, 9.17) is 23.2 Å². The predicted molar refractivity (Wildman–Crippen MR) is 115 cm³/mol. The Balaban J connectivity index is 2.35. The summed E-state index contributed by atoms with van der Waals surface area (Å²) in [6.45, 7) is 8.20. The highest BCUT2D eigenvalue weighted by atomic mass is 35.5. The number of halogens is 2. The van der Waals surface area contributed by atoms with Gasteiger partial charge in [0.25, 0.3) is 0 Å². The van der Waals surface area contributed by atoms with E-state index in [1.165, 1.54) is 0 Å². The van der Waals surface area contributed by atoms with E-state index in [1.807, 2.05) is 39.0 Å². The monoisotopic (exact) mass is 420 g/mol. The lowest BCUT2D eigenvalue weighted by Gasteiger charge is -2.29. The van der Waals surface area contributed by atoms with Crippen molar-refractivity contribution < 1.29 is 9.59 Å². The van der Waals surface area contributed by atoms with Gasteiger partial charge in [-0.25, -0.2) is 0 Å². The first-order valence-electron chi connectivity index (χ1n) is 9.30. The number of likely N-dealkylation sites (N-methyl/N-ethyl adjacent to an activating group) is 1. The highest BCUT2D eigenvalue weighted by Gasteiger charge is 2.27. The van der Waals surface area contributed by atoms with Crippen LogP contribution in [-0.4, -0.2) is 29.3 Å². The lowest BCUT2D eigenvalue weighted by Crippen LogP contribution is -2.48. The van der Waals surface area contributed by atoms with Crippen molar-refractivity contribution in [2.45, 2.75) is 46.7 Å². The zero-order chi connectivity index (χ0) is 20.8. The Morgan fingerprint density at radius 3 is 2.36 bits per heavy atom. The number of hydrogen-bond donors (Lipinski definition) is 1. The molecule has 0 aliphatic rings. The van der Waals surface area contributed by atoms with Crippen LogP contribution in [0, 0.1) is 13.8 Å². The van der Waals surface area contributed by atoms with Gasteiger partial charge in [0.1, 0.15) is 6.04 Å². The summed E-state index contributed by atoms with van der Waals surface area (Å²) >= 11 is 12.6. The molecule has 0 bridgehead atoms. The summed E-state index contributed by atoms with van der Waals surface area (Å²) in [5.41, 5.74) is 3.71. The highest BCUT2D eigenvalue weighted by Crippen LogP contribution is 2.27. The maximum Gasteiger partial charge on any atom is 0.242 e. The van der Waals surface area contributed by atoms with E-state index < -0.39 is 6.04 Å². The summed E-state index contributed by atoms with van der Waals surface area (Å²) in [4.78, 5) is 27.2. The summed E-state index contributed by atoms with van der Waals surface area (Å²) in [6.07, 6.45) is 0.208. The summed E-state index contributed by atoms with van der Waals surface area (Å²) in [5.74, 6) is -0.358. The minimum Gasteiger partial charge on any atom is -0.355 e. The normalized spacial score (nSPS) is 11.8. The molecule has 0 saturated carbocycles. The van der Waals surface area contributed by atoms with Crippen LogP contribution in [-0.2, 0) is 22.6 Å². The van der Waals surface area contributed by atoms with Gasteiger partial charge in [-0.3, -0.25) is 9.59 Å². The summed E-state index contributed by atoms with van der Waals surface area (Å²) in [7, 11) is 0. The fourth-order valence-electron chi connectivity index (χ4n) is 3.01. The first-order valence-corrected chi connectivity index (χ1v) is 10.1. The molecule has 0 aromatic heterocycles. The molecule has 0 saturated heterocycles. The van der Waals surface area contributed by atoms with Crippen molar-refractivity contribution >= 4 is 35.0 Å². The summed E-state index contributed by atoms with van der Waals surface area (Å²) in [6, 6.07) is 10.6. The maximum absolute atomic E-state index is 13.2. The Hall–Kier alpha value is -2.04. The van der Waals surface area contributed by atoms with Gasteiger partial charge in [0.15, 0.2) is 0 Å². The molecular formula is C22H26Cl2N2O2. The van der Waals surface area contributed by atoms with E-state index in [0.29, 0.717) is 22.2 Å². The molecule has 0 heterocycles. The Bertz CT molecular complexity index is 847. The van der Waals surface area contributed by atoms with E-state index in [2.05, 4.69) is 5.32 Å². The highest BCUT2D eigenvalue weighted by molar-refractivity contribution is 6.36. The van der Waals surface area contributed by atoms with Gasteiger partial charge < -0.3 is 10.2 Å². The first kappa shape index (κ1) is 22.3. The molecule has 0 radical (unpaired) electrons. The lowest BCUT2D eigenvalue weighted by atomic mass is 10.0. The van der Waals surface area contributed by atoms with Gasteiger partial charge in [-0.05, 0) is 51.0 Å². The van der Waals surface area contributed by atoms with Crippen molar-refractivity contribution in [3.05, 3.63) is 68.7 Å². The summed E-state index contributed by atoms with van der Waals surface area (Å²) < 4.78 is 0. The van der Waals surface area contributed by atoms with Crippen LogP contribution in [0.15, 0.2) is 36.4 Å². The van der Waals surface area contributed by atoms with Crippen LogP contribution >= 0.6 is 23.2 Å². The van der Waals surface area contributed by atoms with Gasteiger partial charge in [-0.1, -0.05) is 53.0 Å². The largest absolute Gasteiger partial charge is 0.355 e. The molecule has 1 N–H and O–H groups in total. The first-order chi connectivity index (χ1) is 13.2. The third-order valence-corrected chi connectivity index (χ3v) is 5.46. The van der Waals surface area contributed by atoms with Crippen molar-refractivity contribution in [2.24, 2.45) is 0 Å². The van der Waals surface area contributed by atoms with Crippen molar-refractivity contribution in [1.29, 1.82) is 0 Å². The number of nitrogens with zero attached hydrogens (tertiary/aromatic N) is 1. The van der Waals surface area contributed by atoms with Gasteiger partial charge in [0.05, 0.1) is 6.42 Å². The van der Waals surface area contributed by atoms with Gasteiger partial charge >= 0.3 is 0 Å². The fraction of sp³-hybridized carbons (Fsp3) is 0.364. The number of nitrogens with one attached hydrogen (secondary N) is 1. The number of benzene rings is 2. The van der Waals surface area contributed by atoms with Gasteiger partial charge in [-0.15, -0.1) is 0 Å². The second-order valence-electron chi connectivity index (χ2n) is 6.90. The zero-order valence-corrected chi connectivity index (χ0v) is 18.2. The Morgan fingerprint density at radius 1 is 1.11 bits per heavy atom. The van der Waals surface area contributed by atoms with Gasteiger partial charge in [-0.2, -0.15) is 0 Å². The molecule has 2 aromatic carbocycles. The summed E-state index contributed by atoms with van der Waals surface area (Å²) in [5, 5.41) is 3.73. The topological polar surface area (TPSA) is 49.4 Å². The molecule has 0 spiro atoms. The van der Waals surface area contributed by atoms with Crippen LogP contribution in [0.3, 0.4) is 0 Å². The molecule has 4 nitrogen and oxygen atoms in total. The number of carbonyl (C=O) groups is 2. The maximum atomic E-state index is 13.2. The number of aryl methyl sites for hydroxylation is 2. The van der Waals surface area contributed by atoms with E-state index in [1.54, 1.807) is 30.0 Å². The molecule has 1 unspecified atom stereocenters. The third kappa shape index (κ3) is 5.49. The Labute approximate surface area is 176 Å². The van der Waals surface area contributed by atoms with E-state index in [9.17, 15) is 9.59 Å². The number of carbonyl (C=O) groups excluding carboxylic acids is 2. The molecule has 2 aromatic rings. The van der Waals surface area contributed by atoms with Crippen molar-refractivity contribution in [3.8, 4) is 0 Å². The van der Waals surface area contributed by atoms with Crippen molar-refractivity contribution in [3.63, 3.8) is 0 Å². The molecule has 0 aliphatic heterocycles. The molecule has 6 heteroatoms. The molecule has 28 heavy (non-hydrogen) atoms. The predicted octanol–water partition coefficient (Wildman–Crippen LogP) is 4.71. The molecular weight excluding hydrogens is 395 g/mol. The smallest absolute Gasteiger partial charge is 0.242 e. The van der Waals surface area contributed by atoms with Crippen LogP contribution in [0.5, 0.6) is 0 Å². The molecule has 2 amide bonds. The molecule has 1 atom stereocenters.